The van der Waals surface area contributed by atoms with Crippen LogP contribution in [0.25, 0.3) is 32.9 Å². The second kappa shape index (κ2) is 11.4. The normalized spacial score (nSPS) is 24.0. The second-order valence-electron chi connectivity index (χ2n) is 13.3. The number of fused-ring (bicyclic) bond motifs is 7. The van der Waals surface area contributed by atoms with Crippen LogP contribution in [0.4, 0.5) is 19.4 Å². The first-order valence-electron chi connectivity index (χ1n) is 16.5. The standard InChI is InChI=1S/C35H34F2N8O3/c36-23-14-35(10-3-12-44(35)16-23)20-48-33-41-31-27-15-38-30(29(31)37)26-7-2-6-21-4-1-5-22(28(21)26)9-13-47-34(46)40-24-17-43(32(27)42-33)19-25-8-11-39-45(25)18-24/h1-2,4-8,11,15,23-24H,3,9-10,12-14,16-20H2,(H,40,46)/t23-,24?,35+/m1/s1. The van der Waals surface area contributed by atoms with E-state index in [1.165, 1.54) is 0 Å². The molecule has 1 unspecified atom stereocenters. The minimum absolute atomic E-state index is 0.0125. The van der Waals surface area contributed by atoms with Crippen LogP contribution in [-0.2, 0) is 24.2 Å². The van der Waals surface area contributed by atoms with Crippen LogP contribution in [0.3, 0.4) is 0 Å². The lowest BCUT2D eigenvalue weighted by molar-refractivity contribution is 0.107. The molecule has 13 heteroatoms. The van der Waals surface area contributed by atoms with E-state index in [1.54, 1.807) is 12.4 Å². The largest absolute Gasteiger partial charge is 0.461 e. The molecule has 6 bridgehead atoms. The number of alkyl carbamates (subject to hydrolysis) is 1. The molecule has 0 radical (unpaired) electrons. The number of pyridine rings is 1. The lowest BCUT2D eigenvalue weighted by Gasteiger charge is -2.31. The Morgan fingerprint density at radius 2 is 2.00 bits per heavy atom. The van der Waals surface area contributed by atoms with Crippen molar-refractivity contribution in [2.75, 3.05) is 37.7 Å². The number of hydrogen-bond acceptors (Lipinski definition) is 9. The molecule has 2 saturated heterocycles. The summed E-state index contributed by atoms with van der Waals surface area (Å²) in [7, 11) is 0. The van der Waals surface area contributed by atoms with Gasteiger partial charge in [-0.15, -0.1) is 0 Å². The van der Waals surface area contributed by atoms with Crippen molar-refractivity contribution in [3.05, 3.63) is 71.9 Å². The van der Waals surface area contributed by atoms with Gasteiger partial charge in [-0.1, -0.05) is 36.4 Å². The van der Waals surface area contributed by atoms with E-state index < -0.39 is 29.7 Å². The van der Waals surface area contributed by atoms with Crippen molar-refractivity contribution in [2.24, 2.45) is 0 Å². The van der Waals surface area contributed by atoms with Crippen molar-refractivity contribution in [2.45, 2.75) is 56.5 Å². The van der Waals surface area contributed by atoms with E-state index in [4.69, 9.17) is 19.4 Å². The van der Waals surface area contributed by atoms with Gasteiger partial charge in [0, 0.05) is 43.9 Å². The third-order valence-corrected chi connectivity index (χ3v) is 10.3. The quantitative estimate of drug-likeness (QED) is 0.294. The topological polar surface area (TPSA) is 111 Å². The van der Waals surface area contributed by atoms with E-state index >= 15 is 4.39 Å². The summed E-state index contributed by atoms with van der Waals surface area (Å²) in [6, 6.07) is 13.1. The van der Waals surface area contributed by atoms with Crippen LogP contribution in [0.5, 0.6) is 6.01 Å². The van der Waals surface area contributed by atoms with Crippen LogP contribution >= 0.6 is 0 Å². The molecule has 0 aliphatic carbocycles. The van der Waals surface area contributed by atoms with Crippen LogP contribution in [0.2, 0.25) is 0 Å². The highest BCUT2D eigenvalue weighted by molar-refractivity contribution is 6.00. The van der Waals surface area contributed by atoms with Gasteiger partial charge in [0.15, 0.2) is 5.82 Å². The van der Waals surface area contributed by atoms with Gasteiger partial charge in [-0.2, -0.15) is 15.1 Å². The molecule has 10 rings (SSSR count). The van der Waals surface area contributed by atoms with E-state index in [2.05, 4.69) is 20.3 Å². The summed E-state index contributed by atoms with van der Waals surface area (Å²) in [6.45, 7) is 2.68. The molecule has 2 fully saturated rings. The summed E-state index contributed by atoms with van der Waals surface area (Å²) in [5.74, 6) is -0.161. The molecular weight excluding hydrogens is 618 g/mol. The average Bonchev–Trinajstić information content (AvgIpc) is 3.73. The highest BCUT2D eigenvalue weighted by Gasteiger charge is 2.49. The lowest BCUT2D eigenvalue weighted by Crippen LogP contribution is -2.45. The fourth-order valence-electron chi connectivity index (χ4n) is 8.15. The molecule has 0 spiro atoms. The number of aromatic nitrogens is 5. The zero-order valence-corrected chi connectivity index (χ0v) is 26.2. The molecule has 5 aliphatic rings. The van der Waals surface area contributed by atoms with Crippen molar-refractivity contribution in [1.29, 1.82) is 0 Å². The summed E-state index contributed by atoms with van der Waals surface area (Å²) in [4.78, 5) is 31.5. The molecule has 48 heavy (non-hydrogen) atoms. The minimum atomic E-state index is -0.913. The smallest absolute Gasteiger partial charge is 0.407 e. The van der Waals surface area contributed by atoms with Gasteiger partial charge >= 0.3 is 12.1 Å². The fraction of sp³-hybridized carbons (Fsp3) is 0.400. The van der Waals surface area contributed by atoms with Gasteiger partial charge in [-0.05, 0) is 41.8 Å². The maximum absolute atomic E-state index is 17.0. The van der Waals surface area contributed by atoms with Crippen molar-refractivity contribution in [1.82, 2.24) is 34.9 Å². The lowest BCUT2D eigenvalue weighted by atomic mass is 9.95. The van der Waals surface area contributed by atoms with Crippen LogP contribution in [0.15, 0.2) is 54.9 Å². The monoisotopic (exact) mass is 652 g/mol. The van der Waals surface area contributed by atoms with Gasteiger partial charge in [0.05, 0.1) is 42.4 Å². The number of amides is 1. The molecule has 5 aliphatic heterocycles. The molecule has 8 heterocycles. The average molecular weight is 653 g/mol. The van der Waals surface area contributed by atoms with E-state index in [1.807, 2.05) is 52.0 Å². The van der Waals surface area contributed by atoms with E-state index in [9.17, 15) is 9.18 Å². The van der Waals surface area contributed by atoms with Gasteiger partial charge in [0.1, 0.15) is 29.8 Å². The molecule has 5 aromatic rings. The summed E-state index contributed by atoms with van der Waals surface area (Å²) in [6.07, 6.45) is 4.50. The predicted octanol–water partition coefficient (Wildman–Crippen LogP) is 4.81. The number of nitrogens with zero attached hydrogens (tertiary/aromatic N) is 7. The molecule has 3 atom stereocenters. The summed E-state index contributed by atoms with van der Waals surface area (Å²) in [5.41, 5.74) is 2.22. The Kier molecular flexibility index (Phi) is 6.92. The number of benzene rings is 2. The number of halogens is 2. The molecule has 11 nitrogen and oxygen atoms in total. The van der Waals surface area contributed by atoms with Crippen molar-refractivity contribution in [3.63, 3.8) is 0 Å². The van der Waals surface area contributed by atoms with Crippen LogP contribution in [0, 0.1) is 5.82 Å². The number of nitrogens with one attached hydrogen (secondary N) is 1. The molecule has 1 amide bonds. The number of anilines is 1. The van der Waals surface area contributed by atoms with Gasteiger partial charge in [-0.25, -0.2) is 13.6 Å². The molecule has 246 valence electrons. The Bertz CT molecular complexity index is 2070. The number of rotatable bonds is 3. The number of carbonyl (C=O) groups excluding carboxylic acids is 1. The highest BCUT2D eigenvalue weighted by atomic mass is 19.1. The van der Waals surface area contributed by atoms with Gasteiger partial charge < -0.3 is 19.7 Å². The van der Waals surface area contributed by atoms with Gasteiger partial charge in [0.2, 0.25) is 0 Å². The molecule has 1 N–H and O–H groups in total. The zero-order valence-electron chi connectivity index (χ0n) is 26.2. The Hall–Kier alpha value is -4.91. The summed E-state index contributed by atoms with van der Waals surface area (Å²) in [5, 5.41) is 9.66. The molecule has 2 aromatic carbocycles. The number of hydrogen-bond donors (Lipinski definition) is 1. The van der Waals surface area contributed by atoms with Crippen LogP contribution in [0.1, 0.15) is 30.5 Å². The Labute approximate surface area is 274 Å². The third kappa shape index (κ3) is 4.90. The SMILES string of the molecule is O=C1NC2CN(Cc3ccnn3C2)c2nc(OC[C@@]34CCCN3C[C@H](F)C4)nc3c(F)c(ncc23)-c2cccc3cccc(c23)CCO1. The number of carbonyl (C=O) groups is 1. The zero-order chi connectivity index (χ0) is 32.4. The van der Waals surface area contributed by atoms with Crippen molar-refractivity contribution in [3.8, 4) is 17.3 Å². The second-order valence-corrected chi connectivity index (χ2v) is 13.3. The van der Waals surface area contributed by atoms with Crippen molar-refractivity contribution < 1.29 is 23.0 Å². The summed E-state index contributed by atoms with van der Waals surface area (Å²) < 4.78 is 45.4. The van der Waals surface area contributed by atoms with E-state index in [-0.39, 0.29) is 30.4 Å². The first-order chi connectivity index (χ1) is 23.4. The molecule has 3 aromatic heterocycles. The first-order valence-corrected chi connectivity index (χ1v) is 16.5. The summed E-state index contributed by atoms with van der Waals surface area (Å²) >= 11 is 0. The first kappa shape index (κ1) is 29.2. The molecule has 0 saturated carbocycles. The van der Waals surface area contributed by atoms with Crippen molar-refractivity contribution >= 4 is 33.6 Å². The Balaban J connectivity index is 1.23. The minimum Gasteiger partial charge on any atom is -0.461 e. The predicted molar refractivity (Wildman–Crippen MR) is 174 cm³/mol. The molecular formula is C35H34F2N8O3. The number of ether oxygens (including phenoxy) is 2. The van der Waals surface area contributed by atoms with Crippen LogP contribution in [-0.4, -0.2) is 86.3 Å². The maximum Gasteiger partial charge on any atom is 0.407 e. The Morgan fingerprint density at radius 3 is 2.92 bits per heavy atom. The third-order valence-electron chi connectivity index (χ3n) is 10.3. The maximum atomic E-state index is 17.0. The van der Waals surface area contributed by atoms with E-state index in [0.29, 0.717) is 55.8 Å². The van der Waals surface area contributed by atoms with Crippen LogP contribution < -0.4 is 15.0 Å². The highest BCUT2D eigenvalue weighted by Crippen LogP contribution is 2.41. The van der Waals surface area contributed by atoms with Gasteiger partial charge in [-0.3, -0.25) is 14.6 Å². The van der Waals surface area contributed by atoms with E-state index in [0.717, 1.165) is 41.4 Å². The van der Waals surface area contributed by atoms with Gasteiger partial charge in [0.25, 0.3) is 0 Å². The number of alkyl halides is 1. The Morgan fingerprint density at radius 1 is 1.10 bits per heavy atom. The fourth-order valence-corrected chi connectivity index (χ4v) is 8.15.